The van der Waals surface area contributed by atoms with Crippen LogP contribution in [-0.2, 0) is 0 Å². The Kier molecular flexibility index (Phi) is 5.88. The molecule has 0 bridgehead atoms. The van der Waals surface area contributed by atoms with E-state index >= 15 is 0 Å². The molecule has 2 rings (SSSR count). The maximum atomic E-state index is 6.38. The van der Waals surface area contributed by atoms with Crippen molar-refractivity contribution < 1.29 is 9.47 Å². The Hall–Kier alpha value is -1.26. The van der Waals surface area contributed by atoms with E-state index in [1.165, 1.54) is 0 Å². The number of hydrogen-bond acceptors (Lipinski definition) is 4. The summed E-state index contributed by atoms with van der Waals surface area (Å²) in [6, 6.07) is 6.07. The molecule has 0 fully saturated rings. The van der Waals surface area contributed by atoms with Gasteiger partial charge in [0, 0.05) is 25.6 Å². The first-order valence-corrected chi connectivity index (χ1v) is 7.97. The minimum absolute atomic E-state index is 0.000790. The van der Waals surface area contributed by atoms with Crippen LogP contribution in [0.2, 0.25) is 0 Å². The van der Waals surface area contributed by atoms with Gasteiger partial charge in [-0.25, -0.2) is 0 Å². The van der Waals surface area contributed by atoms with Crippen LogP contribution < -0.4 is 15.2 Å². The van der Waals surface area contributed by atoms with Crippen molar-refractivity contribution >= 4 is 0 Å². The zero-order chi connectivity index (χ0) is 15.2. The van der Waals surface area contributed by atoms with Gasteiger partial charge in [-0.1, -0.05) is 26.8 Å². The van der Waals surface area contributed by atoms with E-state index < -0.39 is 0 Å². The fourth-order valence-electron chi connectivity index (χ4n) is 2.64. The van der Waals surface area contributed by atoms with Gasteiger partial charge in [-0.2, -0.15) is 0 Å². The molecule has 0 radical (unpaired) electrons. The summed E-state index contributed by atoms with van der Waals surface area (Å²) in [5, 5.41) is 0. The number of ether oxygens (including phenoxy) is 2. The second-order valence-corrected chi connectivity index (χ2v) is 6.11. The third kappa shape index (κ3) is 4.61. The zero-order valence-electron chi connectivity index (χ0n) is 13.5. The number of nitrogens with zero attached hydrogens (tertiary/aromatic N) is 1. The van der Waals surface area contributed by atoms with Crippen molar-refractivity contribution in [2.75, 3.05) is 32.8 Å². The number of hydrogen-bond donors (Lipinski definition) is 1. The Bertz CT molecular complexity index is 448. The van der Waals surface area contributed by atoms with Crippen LogP contribution in [0.15, 0.2) is 18.2 Å². The van der Waals surface area contributed by atoms with E-state index in [0.717, 1.165) is 49.7 Å². The third-order valence-electron chi connectivity index (χ3n) is 3.73. The standard InChI is InChI=1S/C17H28N2O2/c1-4-19(11-13(2)3)12-15(18)14-6-7-16-17(10-14)21-9-5-8-20-16/h6-7,10,13,15H,4-5,8-9,11-12,18H2,1-3H3. The Morgan fingerprint density at radius 3 is 2.52 bits per heavy atom. The molecule has 0 aromatic heterocycles. The van der Waals surface area contributed by atoms with Gasteiger partial charge in [-0.05, 0) is 30.2 Å². The first kappa shape index (κ1) is 16.1. The van der Waals surface area contributed by atoms with Crippen LogP contribution >= 0.6 is 0 Å². The average Bonchev–Trinajstić information content (AvgIpc) is 2.70. The zero-order valence-corrected chi connectivity index (χ0v) is 13.5. The first-order valence-electron chi connectivity index (χ1n) is 7.97. The Balaban J connectivity index is 2.05. The van der Waals surface area contributed by atoms with E-state index in [2.05, 4.69) is 31.7 Å². The third-order valence-corrected chi connectivity index (χ3v) is 3.73. The molecular weight excluding hydrogens is 264 g/mol. The molecule has 1 atom stereocenters. The Labute approximate surface area is 128 Å². The molecule has 2 N–H and O–H groups in total. The van der Waals surface area contributed by atoms with Gasteiger partial charge in [0.2, 0.25) is 0 Å². The van der Waals surface area contributed by atoms with Gasteiger partial charge in [0.15, 0.2) is 11.5 Å². The number of benzene rings is 1. The van der Waals surface area contributed by atoms with Crippen molar-refractivity contribution in [1.82, 2.24) is 4.90 Å². The van der Waals surface area contributed by atoms with Gasteiger partial charge in [-0.3, -0.25) is 0 Å². The van der Waals surface area contributed by atoms with Crippen molar-refractivity contribution in [3.8, 4) is 11.5 Å². The fraction of sp³-hybridized carbons (Fsp3) is 0.647. The van der Waals surface area contributed by atoms with Gasteiger partial charge in [-0.15, -0.1) is 0 Å². The number of rotatable bonds is 6. The highest BCUT2D eigenvalue weighted by molar-refractivity contribution is 5.44. The van der Waals surface area contributed by atoms with Crippen LogP contribution in [0.25, 0.3) is 0 Å². The van der Waals surface area contributed by atoms with E-state index in [0.29, 0.717) is 12.5 Å². The Morgan fingerprint density at radius 2 is 1.86 bits per heavy atom. The molecule has 0 saturated carbocycles. The fourth-order valence-corrected chi connectivity index (χ4v) is 2.64. The van der Waals surface area contributed by atoms with Crippen molar-refractivity contribution in [2.45, 2.75) is 33.2 Å². The summed E-state index contributed by atoms with van der Waals surface area (Å²) >= 11 is 0. The highest BCUT2D eigenvalue weighted by Gasteiger charge is 2.16. The monoisotopic (exact) mass is 292 g/mol. The molecular formula is C17H28N2O2. The summed E-state index contributed by atoms with van der Waals surface area (Å²) in [5.74, 6) is 2.31. The first-order chi connectivity index (χ1) is 10.1. The summed E-state index contributed by atoms with van der Waals surface area (Å²) in [7, 11) is 0. The molecule has 0 aliphatic carbocycles. The molecule has 0 amide bonds. The van der Waals surface area contributed by atoms with Crippen LogP contribution in [-0.4, -0.2) is 37.7 Å². The van der Waals surface area contributed by atoms with E-state index in [9.17, 15) is 0 Å². The molecule has 1 aromatic rings. The predicted octanol–water partition coefficient (Wildman–Crippen LogP) is 2.83. The highest BCUT2D eigenvalue weighted by atomic mass is 16.5. The minimum Gasteiger partial charge on any atom is -0.490 e. The molecule has 1 heterocycles. The van der Waals surface area contributed by atoms with E-state index in [-0.39, 0.29) is 6.04 Å². The molecule has 0 spiro atoms. The molecule has 4 nitrogen and oxygen atoms in total. The van der Waals surface area contributed by atoms with Gasteiger partial charge >= 0.3 is 0 Å². The van der Waals surface area contributed by atoms with Gasteiger partial charge < -0.3 is 20.1 Å². The summed E-state index contributed by atoms with van der Waals surface area (Å²) in [5.41, 5.74) is 7.49. The SMILES string of the molecule is CCN(CC(C)C)CC(N)c1ccc2c(c1)OCCCO2. The second-order valence-electron chi connectivity index (χ2n) is 6.11. The van der Waals surface area contributed by atoms with Crippen LogP contribution in [0.1, 0.15) is 38.8 Å². The molecule has 1 aliphatic heterocycles. The summed E-state index contributed by atoms with van der Waals surface area (Å²) in [6.07, 6.45) is 0.925. The summed E-state index contributed by atoms with van der Waals surface area (Å²) in [4.78, 5) is 2.40. The van der Waals surface area contributed by atoms with Crippen molar-refractivity contribution in [3.63, 3.8) is 0 Å². The summed E-state index contributed by atoms with van der Waals surface area (Å²) in [6.45, 7) is 11.1. The smallest absolute Gasteiger partial charge is 0.161 e. The maximum Gasteiger partial charge on any atom is 0.161 e. The molecule has 4 heteroatoms. The molecule has 1 aromatic carbocycles. The summed E-state index contributed by atoms with van der Waals surface area (Å²) < 4.78 is 11.4. The lowest BCUT2D eigenvalue weighted by atomic mass is 10.1. The van der Waals surface area contributed by atoms with Crippen molar-refractivity contribution in [3.05, 3.63) is 23.8 Å². The highest BCUT2D eigenvalue weighted by Crippen LogP contribution is 2.32. The van der Waals surface area contributed by atoms with Gasteiger partial charge in [0.25, 0.3) is 0 Å². The molecule has 1 unspecified atom stereocenters. The minimum atomic E-state index is 0.000790. The van der Waals surface area contributed by atoms with Crippen LogP contribution in [0.3, 0.4) is 0 Å². The van der Waals surface area contributed by atoms with Gasteiger partial charge in [0.1, 0.15) is 0 Å². The van der Waals surface area contributed by atoms with E-state index in [4.69, 9.17) is 15.2 Å². The van der Waals surface area contributed by atoms with Crippen LogP contribution in [0.5, 0.6) is 11.5 Å². The predicted molar refractivity (Wildman–Crippen MR) is 85.9 cm³/mol. The molecule has 118 valence electrons. The lowest BCUT2D eigenvalue weighted by Crippen LogP contribution is -2.34. The lowest BCUT2D eigenvalue weighted by Gasteiger charge is -2.26. The van der Waals surface area contributed by atoms with E-state index in [1.54, 1.807) is 0 Å². The number of fused-ring (bicyclic) bond motifs is 1. The van der Waals surface area contributed by atoms with Crippen LogP contribution in [0, 0.1) is 5.92 Å². The molecule has 21 heavy (non-hydrogen) atoms. The normalized spacial score (nSPS) is 16.1. The molecule has 0 saturated heterocycles. The maximum absolute atomic E-state index is 6.38. The van der Waals surface area contributed by atoms with Crippen LogP contribution in [0.4, 0.5) is 0 Å². The largest absolute Gasteiger partial charge is 0.490 e. The average molecular weight is 292 g/mol. The lowest BCUT2D eigenvalue weighted by molar-refractivity contribution is 0.241. The second kappa shape index (κ2) is 7.66. The number of nitrogens with two attached hydrogens (primary N) is 1. The van der Waals surface area contributed by atoms with Gasteiger partial charge in [0.05, 0.1) is 13.2 Å². The topological polar surface area (TPSA) is 47.7 Å². The molecule has 1 aliphatic rings. The van der Waals surface area contributed by atoms with E-state index in [1.807, 2.05) is 12.1 Å². The van der Waals surface area contributed by atoms with Crippen molar-refractivity contribution in [1.29, 1.82) is 0 Å². The number of likely N-dealkylation sites (N-methyl/N-ethyl adjacent to an activating group) is 1. The Morgan fingerprint density at radius 1 is 1.14 bits per heavy atom. The quantitative estimate of drug-likeness (QED) is 0.876. The van der Waals surface area contributed by atoms with Crippen molar-refractivity contribution in [2.24, 2.45) is 11.7 Å².